The van der Waals surface area contributed by atoms with E-state index in [9.17, 15) is 0 Å². The van der Waals surface area contributed by atoms with Crippen molar-refractivity contribution < 1.29 is 0 Å². The topological polar surface area (TPSA) is 29.3 Å². The van der Waals surface area contributed by atoms with E-state index in [2.05, 4.69) is 42.3 Å². The van der Waals surface area contributed by atoms with Gasteiger partial charge in [-0.3, -0.25) is 0 Å². The van der Waals surface area contributed by atoms with Gasteiger partial charge in [0, 0.05) is 12.0 Å². The number of nitrogens with two attached hydrogens (primary N) is 1. The SMILES string of the molecule is CN1CCC(CN)(Cc2ccccc2)C1. The van der Waals surface area contributed by atoms with E-state index in [0.29, 0.717) is 5.41 Å². The Morgan fingerprint density at radius 2 is 2.07 bits per heavy atom. The Morgan fingerprint density at radius 3 is 2.60 bits per heavy atom. The second kappa shape index (κ2) is 4.33. The fourth-order valence-electron chi connectivity index (χ4n) is 2.57. The molecule has 2 nitrogen and oxygen atoms in total. The van der Waals surface area contributed by atoms with Crippen molar-refractivity contribution in [2.24, 2.45) is 11.1 Å². The van der Waals surface area contributed by atoms with Gasteiger partial charge in [0.2, 0.25) is 0 Å². The van der Waals surface area contributed by atoms with E-state index in [4.69, 9.17) is 5.73 Å². The Bertz CT molecular complexity index is 310. The van der Waals surface area contributed by atoms with E-state index in [1.54, 1.807) is 0 Å². The molecule has 2 heteroatoms. The fourth-order valence-corrected chi connectivity index (χ4v) is 2.57. The molecular formula is C13H20N2. The maximum absolute atomic E-state index is 5.95. The minimum absolute atomic E-state index is 0.316. The third kappa shape index (κ3) is 2.39. The zero-order valence-corrected chi connectivity index (χ0v) is 9.45. The molecular weight excluding hydrogens is 184 g/mol. The Labute approximate surface area is 92.1 Å². The van der Waals surface area contributed by atoms with Crippen LogP contribution in [0.2, 0.25) is 0 Å². The second-order valence-electron chi connectivity index (χ2n) is 4.85. The van der Waals surface area contributed by atoms with Gasteiger partial charge in [0.05, 0.1) is 0 Å². The van der Waals surface area contributed by atoms with Gasteiger partial charge in [0.1, 0.15) is 0 Å². The lowest BCUT2D eigenvalue weighted by Gasteiger charge is -2.27. The van der Waals surface area contributed by atoms with Gasteiger partial charge >= 0.3 is 0 Å². The highest BCUT2D eigenvalue weighted by atomic mass is 15.1. The zero-order chi connectivity index (χ0) is 10.7. The van der Waals surface area contributed by atoms with Gasteiger partial charge in [-0.05, 0) is 38.5 Å². The molecule has 1 aromatic carbocycles. The van der Waals surface area contributed by atoms with Crippen molar-refractivity contribution in [1.82, 2.24) is 4.90 Å². The highest BCUT2D eigenvalue weighted by molar-refractivity contribution is 5.17. The number of rotatable bonds is 3. The van der Waals surface area contributed by atoms with E-state index in [0.717, 1.165) is 19.5 Å². The van der Waals surface area contributed by atoms with Crippen molar-refractivity contribution in [2.45, 2.75) is 12.8 Å². The van der Waals surface area contributed by atoms with Crippen LogP contribution in [0.25, 0.3) is 0 Å². The van der Waals surface area contributed by atoms with Crippen LogP contribution in [0, 0.1) is 5.41 Å². The molecule has 15 heavy (non-hydrogen) atoms. The number of benzene rings is 1. The smallest absolute Gasteiger partial charge is 0.00507 e. The van der Waals surface area contributed by atoms with Gasteiger partial charge in [-0.15, -0.1) is 0 Å². The molecule has 82 valence electrons. The summed E-state index contributed by atoms with van der Waals surface area (Å²) in [6, 6.07) is 10.7. The summed E-state index contributed by atoms with van der Waals surface area (Å²) < 4.78 is 0. The maximum Gasteiger partial charge on any atom is 0.00507 e. The summed E-state index contributed by atoms with van der Waals surface area (Å²) in [7, 11) is 2.18. The summed E-state index contributed by atoms with van der Waals surface area (Å²) in [5.41, 5.74) is 7.68. The monoisotopic (exact) mass is 204 g/mol. The van der Waals surface area contributed by atoms with Crippen molar-refractivity contribution in [3.63, 3.8) is 0 Å². The lowest BCUT2D eigenvalue weighted by Crippen LogP contribution is -2.35. The van der Waals surface area contributed by atoms with Gasteiger partial charge in [-0.2, -0.15) is 0 Å². The first-order chi connectivity index (χ1) is 7.24. The minimum Gasteiger partial charge on any atom is -0.330 e. The van der Waals surface area contributed by atoms with Crippen LogP contribution in [0.4, 0.5) is 0 Å². The van der Waals surface area contributed by atoms with Crippen LogP contribution in [0.3, 0.4) is 0 Å². The molecule has 1 unspecified atom stereocenters. The molecule has 1 fully saturated rings. The van der Waals surface area contributed by atoms with Gasteiger partial charge < -0.3 is 10.6 Å². The molecule has 2 N–H and O–H groups in total. The Kier molecular flexibility index (Phi) is 3.08. The van der Waals surface area contributed by atoms with Gasteiger partial charge in [-0.1, -0.05) is 30.3 Å². The molecule has 1 aliphatic rings. The summed E-state index contributed by atoms with van der Waals surface area (Å²) in [4.78, 5) is 2.38. The number of hydrogen-bond acceptors (Lipinski definition) is 2. The van der Waals surface area contributed by atoms with Crippen molar-refractivity contribution in [3.8, 4) is 0 Å². The highest BCUT2D eigenvalue weighted by Gasteiger charge is 2.35. The van der Waals surface area contributed by atoms with E-state index in [-0.39, 0.29) is 0 Å². The van der Waals surface area contributed by atoms with Crippen LogP contribution in [0.15, 0.2) is 30.3 Å². The van der Waals surface area contributed by atoms with Gasteiger partial charge in [0.25, 0.3) is 0 Å². The summed E-state index contributed by atoms with van der Waals surface area (Å²) in [6.45, 7) is 3.12. The summed E-state index contributed by atoms with van der Waals surface area (Å²) in [5, 5.41) is 0. The Hall–Kier alpha value is -0.860. The van der Waals surface area contributed by atoms with Crippen LogP contribution in [0.5, 0.6) is 0 Å². The molecule has 0 bridgehead atoms. The predicted molar refractivity (Wildman–Crippen MR) is 63.7 cm³/mol. The van der Waals surface area contributed by atoms with Crippen molar-refractivity contribution >= 4 is 0 Å². The van der Waals surface area contributed by atoms with Crippen LogP contribution in [-0.4, -0.2) is 31.6 Å². The van der Waals surface area contributed by atoms with Crippen LogP contribution < -0.4 is 5.73 Å². The van der Waals surface area contributed by atoms with Gasteiger partial charge in [0.15, 0.2) is 0 Å². The van der Waals surface area contributed by atoms with Crippen LogP contribution in [-0.2, 0) is 6.42 Å². The van der Waals surface area contributed by atoms with Crippen LogP contribution >= 0.6 is 0 Å². The highest BCUT2D eigenvalue weighted by Crippen LogP contribution is 2.32. The summed E-state index contributed by atoms with van der Waals surface area (Å²) in [6.07, 6.45) is 2.35. The molecule has 0 radical (unpaired) electrons. The molecule has 1 aromatic rings. The van der Waals surface area contributed by atoms with E-state index in [1.165, 1.54) is 18.5 Å². The first kappa shape index (κ1) is 10.7. The molecule has 0 aromatic heterocycles. The van der Waals surface area contributed by atoms with E-state index < -0.39 is 0 Å². The van der Waals surface area contributed by atoms with Gasteiger partial charge in [-0.25, -0.2) is 0 Å². The van der Waals surface area contributed by atoms with Crippen molar-refractivity contribution in [1.29, 1.82) is 0 Å². The van der Waals surface area contributed by atoms with Crippen molar-refractivity contribution in [3.05, 3.63) is 35.9 Å². The summed E-state index contributed by atoms with van der Waals surface area (Å²) >= 11 is 0. The number of hydrogen-bond donors (Lipinski definition) is 1. The third-order valence-electron chi connectivity index (χ3n) is 3.48. The summed E-state index contributed by atoms with van der Waals surface area (Å²) in [5.74, 6) is 0. The molecule has 0 saturated carbocycles. The maximum atomic E-state index is 5.95. The normalized spacial score (nSPS) is 27.1. The molecule has 1 heterocycles. The lowest BCUT2D eigenvalue weighted by atomic mass is 9.81. The lowest BCUT2D eigenvalue weighted by molar-refractivity contribution is 0.288. The zero-order valence-electron chi connectivity index (χ0n) is 9.45. The van der Waals surface area contributed by atoms with E-state index in [1.807, 2.05) is 0 Å². The van der Waals surface area contributed by atoms with Crippen LogP contribution in [0.1, 0.15) is 12.0 Å². The molecule has 1 saturated heterocycles. The Morgan fingerprint density at radius 1 is 1.33 bits per heavy atom. The molecule has 1 atom stereocenters. The molecule has 1 aliphatic heterocycles. The van der Waals surface area contributed by atoms with E-state index >= 15 is 0 Å². The average Bonchev–Trinajstić information content (AvgIpc) is 2.62. The molecule has 2 rings (SSSR count). The quantitative estimate of drug-likeness (QED) is 0.808. The first-order valence-electron chi connectivity index (χ1n) is 5.67. The average molecular weight is 204 g/mol. The largest absolute Gasteiger partial charge is 0.330 e. The predicted octanol–water partition coefficient (Wildman–Crippen LogP) is 1.51. The number of likely N-dealkylation sites (tertiary alicyclic amines) is 1. The molecule has 0 spiro atoms. The standard InChI is InChI=1S/C13H20N2/c1-15-8-7-13(10-14,11-15)9-12-5-3-2-4-6-12/h2-6H,7-11,14H2,1H3. The first-order valence-corrected chi connectivity index (χ1v) is 5.67. The number of nitrogens with zero attached hydrogens (tertiary/aromatic N) is 1. The molecule has 0 aliphatic carbocycles. The van der Waals surface area contributed by atoms with Crippen molar-refractivity contribution in [2.75, 3.05) is 26.7 Å². The third-order valence-corrected chi connectivity index (χ3v) is 3.48. The Balaban J connectivity index is 2.09. The fraction of sp³-hybridized carbons (Fsp3) is 0.538. The minimum atomic E-state index is 0.316. The molecule has 0 amide bonds. The second-order valence-corrected chi connectivity index (χ2v) is 4.85.